The predicted octanol–water partition coefficient (Wildman–Crippen LogP) is 2.47. The predicted molar refractivity (Wildman–Crippen MR) is 118 cm³/mol. The summed E-state index contributed by atoms with van der Waals surface area (Å²) in [4.78, 5) is 43.6. The van der Waals surface area contributed by atoms with Crippen LogP contribution in [-0.2, 0) is 16.1 Å². The van der Waals surface area contributed by atoms with Gasteiger partial charge in [0.05, 0.1) is 5.52 Å². The van der Waals surface area contributed by atoms with Crippen molar-refractivity contribution in [2.24, 2.45) is 11.7 Å². The van der Waals surface area contributed by atoms with Gasteiger partial charge in [0, 0.05) is 22.4 Å². The van der Waals surface area contributed by atoms with Crippen molar-refractivity contribution < 1.29 is 14.4 Å². The number of nitrogens with zero attached hydrogens (tertiary/aromatic N) is 4. The third-order valence-corrected chi connectivity index (χ3v) is 6.55. The van der Waals surface area contributed by atoms with E-state index in [-0.39, 0.29) is 41.2 Å². The van der Waals surface area contributed by atoms with Gasteiger partial charge in [-0.15, -0.1) is 0 Å². The molecule has 0 radical (unpaired) electrons. The Labute approximate surface area is 192 Å². The maximum Gasteiger partial charge on any atom is 0.269 e. The van der Waals surface area contributed by atoms with Crippen LogP contribution < -0.4 is 11.1 Å². The zero-order valence-corrected chi connectivity index (χ0v) is 18.2. The van der Waals surface area contributed by atoms with E-state index in [9.17, 15) is 14.4 Å². The summed E-state index contributed by atoms with van der Waals surface area (Å²) >= 11 is 11.9. The highest BCUT2D eigenvalue weighted by Gasteiger charge is 2.58. The molecule has 164 valence electrons. The third kappa shape index (κ3) is 3.37. The molecule has 3 amide bonds. The molecule has 1 unspecified atom stereocenters. The van der Waals surface area contributed by atoms with Crippen LogP contribution in [0.5, 0.6) is 0 Å². The normalized spacial score (nSPS) is 21.4. The summed E-state index contributed by atoms with van der Waals surface area (Å²) in [6.07, 6.45) is 1.72. The lowest BCUT2D eigenvalue weighted by Gasteiger charge is -2.60. The summed E-state index contributed by atoms with van der Waals surface area (Å²) in [7, 11) is 0. The number of piperidine rings is 1. The minimum Gasteiger partial charge on any atom is -0.364 e. The van der Waals surface area contributed by atoms with Crippen LogP contribution in [0.25, 0.3) is 10.9 Å². The Morgan fingerprint density at radius 2 is 1.97 bits per heavy atom. The van der Waals surface area contributed by atoms with Gasteiger partial charge in [0.25, 0.3) is 5.91 Å². The monoisotopic (exact) mass is 472 g/mol. The van der Waals surface area contributed by atoms with Gasteiger partial charge >= 0.3 is 0 Å². The number of anilines is 1. The molecule has 1 aliphatic heterocycles. The zero-order valence-electron chi connectivity index (χ0n) is 16.7. The first-order valence-electron chi connectivity index (χ1n) is 10.0. The highest BCUT2D eigenvalue weighted by Crippen LogP contribution is 2.47. The topological polar surface area (TPSA) is 123 Å². The van der Waals surface area contributed by atoms with Crippen LogP contribution in [0, 0.1) is 5.92 Å². The number of nitrogens with two attached hydrogens (primary N) is 1. The molecule has 2 aromatic heterocycles. The number of primary amides is 1. The molecule has 0 spiro atoms. The Hall–Kier alpha value is -3.17. The average Bonchev–Trinajstić information content (AvgIpc) is 3.06. The quantitative estimate of drug-likeness (QED) is 0.552. The smallest absolute Gasteiger partial charge is 0.269 e. The molecule has 2 aliphatic rings. The van der Waals surface area contributed by atoms with Gasteiger partial charge in [0.2, 0.25) is 11.8 Å². The van der Waals surface area contributed by atoms with Crippen molar-refractivity contribution in [3.8, 4) is 0 Å². The average molecular weight is 473 g/mol. The molecule has 3 heterocycles. The second-order valence-electron chi connectivity index (χ2n) is 7.92. The maximum atomic E-state index is 13.2. The van der Waals surface area contributed by atoms with Crippen molar-refractivity contribution in [1.29, 1.82) is 0 Å². The van der Waals surface area contributed by atoms with Crippen molar-refractivity contribution in [1.82, 2.24) is 19.7 Å². The first kappa shape index (κ1) is 20.7. The number of amides is 3. The lowest BCUT2D eigenvalue weighted by molar-refractivity contribution is -0.174. The number of hydrogen-bond donors (Lipinski definition) is 2. The van der Waals surface area contributed by atoms with E-state index in [2.05, 4.69) is 15.4 Å². The summed E-state index contributed by atoms with van der Waals surface area (Å²) in [5.74, 6) is -0.825. The second kappa shape index (κ2) is 7.75. The molecule has 32 heavy (non-hydrogen) atoms. The molecular weight excluding hydrogens is 455 g/mol. The molecule has 1 aromatic carbocycles. The number of benzene rings is 1. The van der Waals surface area contributed by atoms with Gasteiger partial charge < -0.3 is 16.0 Å². The van der Waals surface area contributed by atoms with Gasteiger partial charge in [-0.05, 0) is 43.2 Å². The molecule has 9 nitrogen and oxygen atoms in total. The fourth-order valence-electron chi connectivity index (χ4n) is 4.54. The second-order valence-corrected chi connectivity index (χ2v) is 8.74. The van der Waals surface area contributed by atoms with E-state index in [1.165, 1.54) is 4.68 Å². The largest absolute Gasteiger partial charge is 0.364 e. The number of pyridine rings is 1. The third-order valence-electron chi connectivity index (χ3n) is 6.11. The number of likely N-dealkylation sites (tertiary alicyclic amines) is 1. The summed E-state index contributed by atoms with van der Waals surface area (Å²) < 4.78 is 1.42. The molecule has 2 fully saturated rings. The van der Waals surface area contributed by atoms with E-state index >= 15 is 0 Å². The van der Waals surface area contributed by atoms with Gasteiger partial charge in [-0.1, -0.05) is 29.3 Å². The number of fused-ring (bicyclic) bond motifs is 2. The molecule has 3 atom stereocenters. The van der Waals surface area contributed by atoms with Gasteiger partial charge in [0.1, 0.15) is 23.6 Å². The zero-order chi connectivity index (χ0) is 22.6. The summed E-state index contributed by atoms with van der Waals surface area (Å²) in [6, 6.07) is 9.29. The van der Waals surface area contributed by atoms with E-state index in [1.807, 2.05) is 0 Å². The minimum absolute atomic E-state index is 0.0254. The standard InChI is InChI=1S/C21H18Cl2N6O3/c22-10-4-6-13-12(8-10)18(20(24)31)27-28(13)9-17(30)29-14-7-5-11(14)19(29)21(32)26-16-3-1-2-15(23)25-16/h1-4,6,8,11,14,19H,5,7,9H2,(H2,24,31)(H,25,26,32)/t11?,14-,19-/m0/s1. The number of halogens is 2. The first-order chi connectivity index (χ1) is 15.3. The van der Waals surface area contributed by atoms with E-state index in [4.69, 9.17) is 28.9 Å². The summed E-state index contributed by atoms with van der Waals surface area (Å²) in [5, 5.41) is 8.15. The molecule has 1 saturated carbocycles. The van der Waals surface area contributed by atoms with Crippen LogP contribution in [0.2, 0.25) is 10.2 Å². The van der Waals surface area contributed by atoms with Crippen molar-refractivity contribution >= 4 is 57.6 Å². The van der Waals surface area contributed by atoms with E-state index in [1.54, 1.807) is 41.3 Å². The van der Waals surface area contributed by atoms with Crippen LogP contribution in [0.3, 0.4) is 0 Å². The first-order valence-corrected chi connectivity index (χ1v) is 10.8. The van der Waals surface area contributed by atoms with E-state index < -0.39 is 11.9 Å². The highest BCUT2D eigenvalue weighted by atomic mass is 35.5. The van der Waals surface area contributed by atoms with Crippen molar-refractivity contribution in [2.75, 3.05) is 5.32 Å². The van der Waals surface area contributed by atoms with Crippen LogP contribution in [0.4, 0.5) is 5.82 Å². The lowest BCUT2D eigenvalue weighted by atomic mass is 9.65. The molecular formula is C21H18Cl2N6O3. The van der Waals surface area contributed by atoms with Crippen LogP contribution in [0.1, 0.15) is 23.3 Å². The number of aromatic nitrogens is 3. The molecule has 5 rings (SSSR count). The van der Waals surface area contributed by atoms with E-state index in [0.29, 0.717) is 21.7 Å². The van der Waals surface area contributed by atoms with Crippen LogP contribution in [0.15, 0.2) is 36.4 Å². The maximum absolute atomic E-state index is 13.2. The van der Waals surface area contributed by atoms with Crippen LogP contribution in [-0.4, -0.2) is 49.5 Å². The summed E-state index contributed by atoms with van der Waals surface area (Å²) in [5.41, 5.74) is 6.05. The van der Waals surface area contributed by atoms with Gasteiger partial charge in [-0.25, -0.2) is 4.98 Å². The minimum atomic E-state index is -0.710. The molecule has 0 bridgehead atoms. The number of carbonyl (C=O) groups is 3. The fourth-order valence-corrected chi connectivity index (χ4v) is 4.87. The number of rotatable bonds is 5. The van der Waals surface area contributed by atoms with Gasteiger partial charge in [-0.2, -0.15) is 5.10 Å². The van der Waals surface area contributed by atoms with Crippen molar-refractivity contribution in [3.05, 3.63) is 52.3 Å². The molecule has 1 aliphatic carbocycles. The molecule has 3 N–H and O–H groups in total. The number of hydrogen-bond acceptors (Lipinski definition) is 5. The number of nitrogens with one attached hydrogen (secondary N) is 1. The molecule has 11 heteroatoms. The highest BCUT2D eigenvalue weighted by molar-refractivity contribution is 6.31. The Kier molecular flexibility index (Phi) is 5.02. The molecule has 1 saturated heterocycles. The van der Waals surface area contributed by atoms with Gasteiger partial charge in [-0.3, -0.25) is 19.1 Å². The Morgan fingerprint density at radius 1 is 1.16 bits per heavy atom. The van der Waals surface area contributed by atoms with E-state index in [0.717, 1.165) is 12.8 Å². The Morgan fingerprint density at radius 3 is 2.66 bits per heavy atom. The van der Waals surface area contributed by atoms with Gasteiger partial charge in [0.15, 0.2) is 5.69 Å². The molecule has 3 aromatic rings. The fraction of sp³-hybridized carbons (Fsp3) is 0.286. The van der Waals surface area contributed by atoms with Crippen LogP contribution >= 0.6 is 23.2 Å². The Bertz CT molecular complexity index is 1280. The summed E-state index contributed by atoms with van der Waals surface area (Å²) in [6.45, 7) is -0.131. The SMILES string of the molecule is NC(=O)c1nn(CC(=O)N2[C@H](C(=O)Nc3cccc(Cl)n3)C3CC[C@@H]32)c2ccc(Cl)cc12. The van der Waals surface area contributed by atoms with Crippen molar-refractivity contribution in [2.45, 2.75) is 31.5 Å². The Balaban J connectivity index is 1.38. The van der Waals surface area contributed by atoms with Crippen molar-refractivity contribution in [3.63, 3.8) is 0 Å². The lowest BCUT2D eigenvalue weighted by Crippen LogP contribution is -2.74. The number of carbonyl (C=O) groups excluding carboxylic acids is 3.